The van der Waals surface area contributed by atoms with Gasteiger partial charge in [0.15, 0.2) is 0 Å². The lowest BCUT2D eigenvalue weighted by Gasteiger charge is -2.36. The zero-order valence-electron chi connectivity index (χ0n) is 15.0. The number of nitrogens with one attached hydrogen (secondary N) is 1. The minimum Gasteiger partial charge on any atom is -0.353 e. The maximum absolute atomic E-state index is 4.82. The second-order valence-corrected chi connectivity index (χ2v) is 6.72. The highest BCUT2D eigenvalue weighted by Gasteiger charge is 2.23. The molecule has 0 amide bonds. The van der Waals surface area contributed by atoms with E-state index in [0.717, 1.165) is 24.0 Å². The van der Waals surface area contributed by atoms with Crippen LogP contribution in [0.5, 0.6) is 0 Å². The van der Waals surface area contributed by atoms with Gasteiger partial charge in [-0.1, -0.05) is 37.3 Å². The summed E-state index contributed by atoms with van der Waals surface area (Å²) < 4.78 is 0. The Labute approximate surface area is 145 Å². The first kappa shape index (κ1) is 16.7. The smallest absolute Gasteiger partial charge is 0.225 e. The zero-order chi connectivity index (χ0) is 16.9. The molecule has 1 aromatic heterocycles. The summed E-state index contributed by atoms with van der Waals surface area (Å²) in [5, 5.41) is 3.46. The number of anilines is 2. The van der Waals surface area contributed by atoms with Crippen molar-refractivity contribution in [1.82, 2.24) is 9.97 Å². The molecule has 0 spiro atoms. The Morgan fingerprint density at radius 3 is 2.75 bits per heavy atom. The average molecular weight is 324 g/mol. The molecule has 2 atom stereocenters. The van der Waals surface area contributed by atoms with E-state index in [4.69, 9.17) is 4.98 Å². The molecule has 128 valence electrons. The number of rotatable bonds is 5. The molecule has 24 heavy (non-hydrogen) atoms. The van der Waals surface area contributed by atoms with E-state index < -0.39 is 0 Å². The molecule has 2 aromatic rings. The first-order valence-corrected chi connectivity index (χ1v) is 9.11. The average Bonchev–Trinajstić information content (AvgIpc) is 2.62. The predicted molar refractivity (Wildman–Crippen MR) is 101 cm³/mol. The highest BCUT2D eigenvalue weighted by atomic mass is 15.3. The normalized spacial score (nSPS) is 19.1. The third kappa shape index (κ3) is 3.86. The van der Waals surface area contributed by atoms with E-state index in [0.29, 0.717) is 6.04 Å². The van der Waals surface area contributed by atoms with Crippen LogP contribution in [0.3, 0.4) is 0 Å². The van der Waals surface area contributed by atoms with E-state index in [9.17, 15) is 0 Å². The van der Waals surface area contributed by atoms with Crippen LogP contribution >= 0.6 is 0 Å². The van der Waals surface area contributed by atoms with Crippen molar-refractivity contribution >= 4 is 11.8 Å². The van der Waals surface area contributed by atoms with E-state index in [1.807, 2.05) is 6.07 Å². The molecule has 0 aliphatic carbocycles. The van der Waals surface area contributed by atoms with Crippen molar-refractivity contribution in [1.29, 1.82) is 0 Å². The summed E-state index contributed by atoms with van der Waals surface area (Å²) in [7, 11) is 0. The highest BCUT2D eigenvalue weighted by Crippen LogP contribution is 2.27. The SMILES string of the molecule is CCC1CCCCN1c1cc(C)nc(NC(C)c2ccccc2)n1. The van der Waals surface area contributed by atoms with Crippen molar-refractivity contribution in [3.8, 4) is 0 Å². The van der Waals surface area contributed by atoms with Gasteiger partial charge in [-0.25, -0.2) is 4.98 Å². The van der Waals surface area contributed by atoms with Gasteiger partial charge in [0.1, 0.15) is 5.82 Å². The van der Waals surface area contributed by atoms with Crippen LogP contribution in [0.25, 0.3) is 0 Å². The van der Waals surface area contributed by atoms with Crippen LogP contribution in [0.1, 0.15) is 56.8 Å². The van der Waals surface area contributed by atoms with E-state index in [-0.39, 0.29) is 6.04 Å². The summed E-state index contributed by atoms with van der Waals surface area (Å²) in [6.07, 6.45) is 5.02. The molecule has 0 bridgehead atoms. The van der Waals surface area contributed by atoms with Gasteiger partial charge in [0.05, 0.1) is 6.04 Å². The van der Waals surface area contributed by atoms with Gasteiger partial charge in [0, 0.05) is 24.3 Å². The molecule has 4 heteroatoms. The molecule has 3 rings (SSSR count). The Morgan fingerprint density at radius 2 is 2.00 bits per heavy atom. The second-order valence-electron chi connectivity index (χ2n) is 6.72. The van der Waals surface area contributed by atoms with Crippen LogP contribution in [-0.4, -0.2) is 22.6 Å². The van der Waals surface area contributed by atoms with Crippen molar-refractivity contribution in [2.24, 2.45) is 0 Å². The van der Waals surface area contributed by atoms with Crippen molar-refractivity contribution in [2.75, 3.05) is 16.8 Å². The first-order valence-electron chi connectivity index (χ1n) is 9.11. The van der Waals surface area contributed by atoms with Crippen molar-refractivity contribution in [3.63, 3.8) is 0 Å². The standard InChI is InChI=1S/C20H28N4/c1-4-18-12-8-9-13-24(18)19-14-15(2)21-20(23-19)22-16(3)17-10-6-5-7-11-17/h5-7,10-11,14,16,18H,4,8-9,12-13H2,1-3H3,(H,21,22,23). The molecule has 1 aromatic carbocycles. The molecule has 2 heterocycles. The largest absolute Gasteiger partial charge is 0.353 e. The Hall–Kier alpha value is -2.10. The van der Waals surface area contributed by atoms with Gasteiger partial charge < -0.3 is 10.2 Å². The molecule has 1 aliphatic rings. The Balaban J connectivity index is 1.81. The van der Waals surface area contributed by atoms with E-state index in [1.165, 1.54) is 31.2 Å². The summed E-state index contributed by atoms with van der Waals surface area (Å²) in [6.45, 7) is 7.57. The summed E-state index contributed by atoms with van der Waals surface area (Å²) >= 11 is 0. The Bertz CT molecular complexity index is 656. The molecule has 0 radical (unpaired) electrons. The number of benzene rings is 1. The fourth-order valence-corrected chi connectivity index (χ4v) is 3.51. The molecular weight excluding hydrogens is 296 g/mol. The first-order chi connectivity index (χ1) is 11.7. The van der Waals surface area contributed by atoms with Gasteiger partial charge in [-0.05, 0) is 45.1 Å². The monoisotopic (exact) mass is 324 g/mol. The number of nitrogens with zero attached hydrogens (tertiary/aromatic N) is 3. The van der Waals surface area contributed by atoms with E-state index >= 15 is 0 Å². The molecular formula is C20H28N4. The fourth-order valence-electron chi connectivity index (χ4n) is 3.51. The lowest BCUT2D eigenvalue weighted by molar-refractivity contribution is 0.446. The van der Waals surface area contributed by atoms with Gasteiger partial charge in [-0.3, -0.25) is 0 Å². The second kappa shape index (κ2) is 7.65. The summed E-state index contributed by atoms with van der Waals surface area (Å²) in [5.41, 5.74) is 2.26. The number of aryl methyl sites for hydroxylation is 1. The molecule has 1 fully saturated rings. The molecule has 1 N–H and O–H groups in total. The summed E-state index contributed by atoms with van der Waals surface area (Å²) in [5.74, 6) is 1.79. The number of aromatic nitrogens is 2. The lowest BCUT2D eigenvalue weighted by Crippen LogP contribution is -2.39. The molecule has 2 unspecified atom stereocenters. The topological polar surface area (TPSA) is 41.1 Å². The van der Waals surface area contributed by atoms with E-state index in [2.05, 4.69) is 66.3 Å². The van der Waals surface area contributed by atoms with Crippen molar-refractivity contribution in [2.45, 2.75) is 58.5 Å². The zero-order valence-corrected chi connectivity index (χ0v) is 15.0. The highest BCUT2D eigenvalue weighted by molar-refractivity contribution is 5.47. The Kier molecular flexibility index (Phi) is 5.34. The quantitative estimate of drug-likeness (QED) is 0.863. The van der Waals surface area contributed by atoms with Gasteiger partial charge in [0.25, 0.3) is 0 Å². The van der Waals surface area contributed by atoms with E-state index in [1.54, 1.807) is 0 Å². The number of hydrogen-bond donors (Lipinski definition) is 1. The van der Waals surface area contributed by atoms with Crippen molar-refractivity contribution < 1.29 is 0 Å². The molecule has 0 saturated carbocycles. The third-order valence-electron chi connectivity index (χ3n) is 4.88. The van der Waals surface area contributed by atoms with Crippen LogP contribution in [0.2, 0.25) is 0 Å². The van der Waals surface area contributed by atoms with Crippen LogP contribution < -0.4 is 10.2 Å². The predicted octanol–water partition coefficient (Wildman–Crippen LogP) is 4.73. The van der Waals surface area contributed by atoms with Gasteiger partial charge in [0.2, 0.25) is 5.95 Å². The molecule has 1 saturated heterocycles. The summed E-state index contributed by atoms with van der Waals surface area (Å²) in [4.78, 5) is 11.9. The van der Waals surface area contributed by atoms with Crippen LogP contribution in [0.15, 0.2) is 36.4 Å². The maximum atomic E-state index is 4.82. The maximum Gasteiger partial charge on any atom is 0.225 e. The van der Waals surface area contributed by atoms with Gasteiger partial charge in [-0.2, -0.15) is 4.98 Å². The fraction of sp³-hybridized carbons (Fsp3) is 0.500. The van der Waals surface area contributed by atoms with Crippen molar-refractivity contribution in [3.05, 3.63) is 47.7 Å². The van der Waals surface area contributed by atoms with Gasteiger partial charge >= 0.3 is 0 Å². The number of piperidine rings is 1. The minimum absolute atomic E-state index is 0.184. The number of hydrogen-bond acceptors (Lipinski definition) is 4. The molecule has 4 nitrogen and oxygen atoms in total. The van der Waals surface area contributed by atoms with Gasteiger partial charge in [-0.15, -0.1) is 0 Å². The van der Waals surface area contributed by atoms with Crippen LogP contribution in [0.4, 0.5) is 11.8 Å². The Morgan fingerprint density at radius 1 is 1.21 bits per heavy atom. The van der Waals surface area contributed by atoms with Crippen LogP contribution in [-0.2, 0) is 0 Å². The minimum atomic E-state index is 0.184. The molecule has 1 aliphatic heterocycles. The lowest BCUT2D eigenvalue weighted by atomic mass is 10.00. The third-order valence-corrected chi connectivity index (χ3v) is 4.88. The van der Waals surface area contributed by atoms with Crippen LogP contribution in [0, 0.1) is 6.92 Å². The summed E-state index contributed by atoms with van der Waals surface area (Å²) in [6, 6.07) is 13.3.